The molecule has 5 rings (SSSR count). The van der Waals surface area contributed by atoms with Gasteiger partial charge in [0.15, 0.2) is 11.6 Å². The first-order valence-corrected chi connectivity index (χ1v) is 11.6. The first kappa shape index (κ1) is 24.7. The molecule has 2 fully saturated rings. The van der Waals surface area contributed by atoms with E-state index in [1.165, 1.54) is 0 Å². The molecule has 3 aromatic rings. The number of fused-ring (bicyclic) bond motifs is 1. The molecule has 3 aromatic heterocycles. The second-order valence-electron chi connectivity index (χ2n) is 8.88. The van der Waals surface area contributed by atoms with Crippen LogP contribution in [0.5, 0.6) is 5.88 Å². The van der Waals surface area contributed by atoms with E-state index in [1.54, 1.807) is 16.9 Å². The van der Waals surface area contributed by atoms with E-state index in [4.69, 9.17) is 14.6 Å². The van der Waals surface area contributed by atoms with Gasteiger partial charge in [-0.05, 0) is 45.7 Å². The van der Waals surface area contributed by atoms with Crippen LogP contribution in [-0.4, -0.2) is 63.4 Å². The second-order valence-corrected chi connectivity index (χ2v) is 8.88. The summed E-state index contributed by atoms with van der Waals surface area (Å²) in [4.78, 5) is 23.4. The van der Waals surface area contributed by atoms with Crippen molar-refractivity contribution in [2.24, 2.45) is 5.73 Å². The molecule has 0 bridgehead atoms. The number of likely N-dealkylation sites (N-methyl/N-ethyl adjacent to an activating group) is 1. The Morgan fingerprint density at radius 1 is 1.26 bits per heavy atom. The van der Waals surface area contributed by atoms with Gasteiger partial charge in [0.05, 0.1) is 10.9 Å². The Morgan fingerprint density at radius 3 is 2.60 bits per heavy atom. The zero-order chi connectivity index (χ0) is 25.2. The van der Waals surface area contributed by atoms with Crippen LogP contribution in [0.15, 0.2) is 18.3 Å². The van der Waals surface area contributed by atoms with Crippen LogP contribution in [-0.2, 0) is 10.7 Å². The number of primary amides is 1. The monoisotopic (exact) mass is 488 g/mol. The molecule has 3 N–H and O–H groups in total. The summed E-state index contributed by atoms with van der Waals surface area (Å²) in [5.74, 6) is -2.58. The molecular weight excluding hydrogens is 458 g/mol. The fourth-order valence-corrected chi connectivity index (χ4v) is 4.13. The highest BCUT2D eigenvalue weighted by Gasteiger charge is 2.32. The largest absolute Gasteiger partial charge is 0.474 e. The number of alkyl halides is 2. The molecule has 1 aliphatic heterocycles. The van der Waals surface area contributed by atoms with E-state index in [0.717, 1.165) is 68.1 Å². The lowest BCUT2D eigenvalue weighted by Gasteiger charge is -2.26. The topological polar surface area (TPSA) is 124 Å². The third kappa shape index (κ3) is 5.31. The van der Waals surface area contributed by atoms with E-state index in [0.29, 0.717) is 6.04 Å². The summed E-state index contributed by atoms with van der Waals surface area (Å²) < 4.78 is 35.9. The lowest BCUT2D eigenvalue weighted by Crippen LogP contribution is -2.29. The van der Waals surface area contributed by atoms with Gasteiger partial charge < -0.3 is 20.7 Å². The minimum atomic E-state index is -3.20. The van der Waals surface area contributed by atoms with E-state index >= 15 is 0 Å². The standard InChI is InChI=1S/C22H27F2N7O.CH3NO/c1-13-9-17-16(11-26-13)20(30-8-7-14(12-30)25-3)29-31(17)18-10-19(32-15-5-4-6-15)28-21(27-18)22(2,23)24;2-1-3/h9-11,14-15,25H,4-8,12H2,1-3H3;1H,(H2,2,3). The zero-order valence-corrected chi connectivity index (χ0v) is 20.0. The van der Waals surface area contributed by atoms with Crippen LogP contribution < -0.4 is 20.7 Å². The fourth-order valence-electron chi connectivity index (χ4n) is 4.13. The van der Waals surface area contributed by atoms with E-state index in [2.05, 4.69) is 30.9 Å². The second kappa shape index (κ2) is 10.1. The van der Waals surface area contributed by atoms with Gasteiger partial charge in [0.2, 0.25) is 18.1 Å². The van der Waals surface area contributed by atoms with Crippen molar-refractivity contribution in [1.82, 2.24) is 30.0 Å². The number of carbonyl (C=O) groups is 1. The van der Waals surface area contributed by atoms with Crippen LogP contribution in [0.1, 0.15) is 44.1 Å². The summed E-state index contributed by atoms with van der Waals surface area (Å²) in [7, 11) is 1.95. The SMILES string of the molecule is CNC1CCN(c2nn(-c3cc(OC4CCC4)nc(C(C)(F)F)n3)c3cc(C)ncc23)C1.NC=O. The van der Waals surface area contributed by atoms with E-state index < -0.39 is 11.7 Å². The molecule has 1 amide bonds. The number of nitrogens with two attached hydrogens (primary N) is 1. The number of anilines is 1. The Morgan fingerprint density at radius 2 is 2.00 bits per heavy atom. The number of halogens is 2. The third-order valence-corrected chi connectivity index (χ3v) is 6.22. The smallest absolute Gasteiger partial charge is 0.304 e. The van der Waals surface area contributed by atoms with Crippen molar-refractivity contribution >= 4 is 23.1 Å². The van der Waals surface area contributed by atoms with Gasteiger partial charge in [-0.1, -0.05) is 0 Å². The predicted molar refractivity (Wildman–Crippen MR) is 127 cm³/mol. The highest BCUT2D eigenvalue weighted by molar-refractivity contribution is 5.91. The van der Waals surface area contributed by atoms with Crippen molar-refractivity contribution in [3.8, 4) is 11.7 Å². The average Bonchev–Trinajstić information content (AvgIpc) is 3.40. The van der Waals surface area contributed by atoms with Gasteiger partial charge in [0.25, 0.3) is 0 Å². The molecule has 1 saturated heterocycles. The van der Waals surface area contributed by atoms with E-state index in [1.807, 2.05) is 20.0 Å². The molecule has 0 spiro atoms. The summed E-state index contributed by atoms with van der Waals surface area (Å²) in [6.07, 6.45) is 5.93. The number of aryl methyl sites for hydroxylation is 1. The Bertz CT molecular complexity index is 1190. The highest BCUT2D eigenvalue weighted by Crippen LogP contribution is 2.33. The lowest BCUT2D eigenvalue weighted by molar-refractivity contribution is -0.106. The number of nitrogens with zero attached hydrogens (tertiary/aromatic N) is 6. The molecule has 1 atom stereocenters. The van der Waals surface area contributed by atoms with Gasteiger partial charge in [0.1, 0.15) is 6.10 Å². The molecule has 35 heavy (non-hydrogen) atoms. The van der Waals surface area contributed by atoms with Crippen LogP contribution in [0.4, 0.5) is 14.6 Å². The number of hydrogen-bond acceptors (Lipinski definition) is 8. The fraction of sp³-hybridized carbons (Fsp3) is 0.522. The molecule has 1 unspecified atom stereocenters. The lowest BCUT2D eigenvalue weighted by atomic mass is 9.96. The number of carbonyl (C=O) groups excluding carboxylic acids is 1. The van der Waals surface area contributed by atoms with Gasteiger partial charge in [-0.25, -0.2) is 9.67 Å². The van der Waals surface area contributed by atoms with E-state index in [9.17, 15) is 8.78 Å². The number of aromatic nitrogens is 5. The van der Waals surface area contributed by atoms with Gasteiger partial charge in [-0.15, -0.1) is 5.10 Å². The summed E-state index contributed by atoms with van der Waals surface area (Å²) in [6.45, 7) is 4.35. The van der Waals surface area contributed by atoms with Crippen LogP contribution in [0.25, 0.3) is 16.7 Å². The van der Waals surface area contributed by atoms with Crippen molar-refractivity contribution < 1.29 is 18.3 Å². The number of amides is 1. The molecule has 1 aliphatic carbocycles. The van der Waals surface area contributed by atoms with Crippen molar-refractivity contribution in [2.45, 2.75) is 57.6 Å². The maximum Gasteiger partial charge on any atom is 0.304 e. The first-order valence-electron chi connectivity index (χ1n) is 11.6. The minimum absolute atomic E-state index is 0.00975. The predicted octanol–water partition coefficient (Wildman–Crippen LogP) is 2.46. The maximum atomic E-state index is 14.2. The summed E-state index contributed by atoms with van der Waals surface area (Å²) in [6, 6.07) is 3.87. The van der Waals surface area contributed by atoms with Crippen molar-refractivity contribution in [3.05, 3.63) is 29.8 Å². The van der Waals surface area contributed by atoms with Crippen LogP contribution in [0.3, 0.4) is 0 Å². The molecule has 4 heterocycles. The third-order valence-electron chi connectivity index (χ3n) is 6.22. The van der Waals surface area contributed by atoms with E-state index in [-0.39, 0.29) is 24.2 Å². The van der Waals surface area contributed by atoms with Crippen molar-refractivity contribution in [1.29, 1.82) is 0 Å². The van der Waals surface area contributed by atoms with Gasteiger partial charge in [-0.2, -0.15) is 13.8 Å². The summed E-state index contributed by atoms with van der Waals surface area (Å²) in [5.41, 5.74) is 5.74. The highest BCUT2D eigenvalue weighted by atomic mass is 19.3. The van der Waals surface area contributed by atoms with Gasteiger partial charge in [-0.3, -0.25) is 9.78 Å². The molecule has 188 valence electrons. The Balaban J connectivity index is 0.000000917. The quantitative estimate of drug-likeness (QED) is 0.507. The maximum absolute atomic E-state index is 14.2. The van der Waals surface area contributed by atoms with Crippen LogP contribution >= 0.6 is 0 Å². The Kier molecular flexibility index (Phi) is 7.10. The molecule has 1 saturated carbocycles. The van der Waals surface area contributed by atoms with Crippen molar-refractivity contribution in [2.75, 3.05) is 25.0 Å². The summed E-state index contributed by atoms with van der Waals surface area (Å²) >= 11 is 0. The Hall–Kier alpha value is -3.41. The molecule has 12 heteroatoms. The van der Waals surface area contributed by atoms with Crippen LogP contribution in [0.2, 0.25) is 0 Å². The van der Waals surface area contributed by atoms with Crippen molar-refractivity contribution in [3.63, 3.8) is 0 Å². The number of ether oxygens (including phenoxy) is 1. The Labute approximate surface area is 201 Å². The molecule has 0 aromatic carbocycles. The van der Waals surface area contributed by atoms with Crippen LogP contribution in [0, 0.1) is 6.92 Å². The number of hydrogen-bond donors (Lipinski definition) is 2. The number of pyridine rings is 1. The number of rotatable bonds is 6. The summed E-state index contributed by atoms with van der Waals surface area (Å²) in [5, 5.41) is 8.98. The molecule has 2 aliphatic rings. The average molecular weight is 489 g/mol. The molecule has 10 nitrogen and oxygen atoms in total. The number of nitrogens with one attached hydrogen (secondary N) is 1. The zero-order valence-electron chi connectivity index (χ0n) is 20.0. The van der Waals surface area contributed by atoms with Gasteiger partial charge in [0, 0.05) is 44.0 Å². The first-order chi connectivity index (χ1) is 16.7. The normalized spacial score (nSPS) is 18.2. The molecular formula is C23H30F2N8O2. The minimum Gasteiger partial charge on any atom is -0.474 e. The molecule has 0 radical (unpaired) electrons. The van der Waals surface area contributed by atoms with Gasteiger partial charge >= 0.3 is 5.92 Å².